The highest BCUT2D eigenvalue weighted by atomic mass is 35.5. The number of nitro groups is 1. The smallest absolute Gasteiger partial charge is 0.294 e. The van der Waals surface area contributed by atoms with Gasteiger partial charge in [0, 0.05) is 50.4 Å². The number of anilines is 1. The number of carbonyl (C=O) groups is 1. The molecular formula is C17H23ClN4O3. The third-order valence-electron chi connectivity index (χ3n) is 5.11. The largest absolute Gasteiger partial charge is 0.363 e. The van der Waals surface area contributed by atoms with Gasteiger partial charge in [0.15, 0.2) is 0 Å². The summed E-state index contributed by atoms with van der Waals surface area (Å²) in [5, 5.41) is 11.6. The molecule has 0 radical (unpaired) electrons. The molecule has 0 saturated carbocycles. The van der Waals surface area contributed by atoms with Crippen LogP contribution < -0.4 is 4.90 Å². The Labute approximate surface area is 152 Å². The standard InChI is InChI=1S/C17H23ClN4O3/c1-13(17(23)21-6-2-3-7-21)19-8-10-20(11-9-19)15-5-4-14(18)12-16(15)22(24)25/h4-5,12-13H,2-3,6-11H2,1H3. The molecule has 136 valence electrons. The molecule has 1 amide bonds. The van der Waals surface area contributed by atoms with Crippen LogP contribution in [0.1, 0.15) is 19.8 Å². The highest BCUT2D eigenvalue weighted by molar-refractivity contribution is 6.30. The minimum Gasteiger partial charge on any atom is -0.363 e. The Morgan fingerprint density at radius 2 is 1.80 bits per heavy atom. The lowest BCUT2D eigenvalue weighted by Crippen LogP contribution is -2.54. The Morgan fingerprint density at radius 3 is 2.40 bits per heavy atom. The summed E-state index contributed by atoms with van der Waals surface area (Å²) in [4.78, 5) is 29.5. The molecule has 0 spiro atoms. The second kappa shape index (κ2) is 7.58. The molecule has 3 rings (SSSR count). The number of rotatable bonds is 4. The Hall–Kier alpha value is -1.86. The molecule has 1 atom stereocenters. The van der Waals surface area contributed by atoms with Gasteiger partial charge in [-0.2, -0.15) is 0 Å². The third kappa shape index (κ3) is 3.88. The van der Waals surface area contributed by atoms with Crippen LogP contribution in [0.3, 0.4) is 0 Å². The molecule has 2 saturated heterocycles. The van der Waals surface area contributed by atoms with Crippen LogP contribution in [0, 0.1) is 10.1 Å². The van der Waals surface area contributed by atoms with E-state index in [0.717, 1.165) is 25.9 Å². The average Bonchev–Trinajstić information content (AvgIpc) is 3.15. The first-order valence-electron chi connectivity index (χ1n) is 8.69. The zero-order valence-corrected chi connectivity index (χ0v) is 15.1. The highest BCUT2D eigenvalue weighted by Gasteiger charge is 2.31. The van der Waals surface area contributed by atoms with Gasteiger partial charge in [0.05, 0.1) is 11.0 Å². The molecule has 2 aliphatic rings. The van der Waals surface area contributed by atoms with Gasteiger partial charge in [-0.1, -0.05) is 11.6 Å². The van der Waals surface area contributed by atoms with Crippen molar-refractivity contribution in [1.29, 1.82) is 0 Å². The third-order valence-corrected chi connectivity index (χ3v) is 5.35. The van der Waals surface area contributed by atoms with Crippen LogP contribution in [0.15, 0.2) is 18.2 Å². The van der Waals surface area contributed by atoms with Gasteiger partial charge >= 0.3 is 0 Å². The average molecular weight is 367 g/mol. The number of nitrogens with zero attached hydrogens (tertiary/aromatic N) is 4. The van der Waals surface area contributed by atoms with Crippen LogP contribution >= 0.6 is 11.6 Å². The van der Waals surface area contributed by atoms with E-state index in [1.54, 1.807) is 12.1 Å². The Balaban J connectivity index is 1.64. The molecule has 1 unspecified atom stereocenters. The Bertz CT molecular complexity index is 655. The number of hydrogen-bond acceptors (Lipinski definition) is 5. The first-order valence-corrected chi connectivity index (χ1v) is 9.07. The van der Waals surface area contributed by atoms with E-state index in [1.165, 1.54) is 6.07 Å². The number of amides is 1. The van der Waals surface area contributed by atoms with Gasteiger partial charge in [0.1, 0.15) is 5.69 Å². The fraction of sp³-hybridized carbons (Fsp3) is 0.588. The molecule has 2 aliphatic heterocycles. The molecule has 0 N–H and O–H groups in total. The van der Waals surface area contributed by atoms with E-state index in [9.17, 15) is 14.9 Å². The van der Waals surface area contributed by atoms with Crippen LogP contribution in [0.25, 0.3) is 0 Å². The predicted octanol–water partition coefficient (Wildman–Crippen LogP) is 2.38. The summed E-state index contributed by atoms with van der Waals surface area (Å²) < 4.78 is 0. The van der Waals surface area contributed by atoms with Crippen molar-refractivity contribution in [2.24, 2.45) is 0 Å². The molecule has 1 aromatic rings. The van der Waals surface area contributed by atoms with E-state index in [2.05, 4.69) is 4.90 Å². The lowest BCUT2D eigenvalue weighted by molar-refractivity contribution is -0.384. The lowest BCUT2D eigenvalue weighted by atomic mass is 10.1. The fourth-order valence-corrected chi connectivity index (χ4v) is 3.78. The van der Waals surface area contributed by atoms with Gasteiger partial charge in [-0.25, -0.2) is 0 Å². The van der Waals surface area contributed by atoms with E-state index in [1.807, 2.05) is 16.7 Å². The van der Waals surface area contributed by atoms with Crippen molar-refractivity contribution in [3.63, 3.8) is 0 Å². The first kappa shape index (κ1) is 17.9. The van der Waals surface area contributed by atoms with Crippen LogP contribution in [0.4, 0.5) is 11.4 Å². The first-order chi connectivity index (χ1) is 12.0. The molecule has 0 aromatic heterocycles. The number of hydrogen-bond donors (Lipinski definition) is 0. The number of likely N-dealkylation sites (tertiary alicyclic amines) is 1. The van der Waals surface area contributed by atoms with Gasteiger partial charge in [0.2, 0.25) is 5.91 Å². The van der Waals surface area contributed by atoms with Gasteiger partial charge in [-0.15, -0.1) is 0 Å². The van der Waals surface area contributed by atoms with E-state index >= 15 is 0 Å². The highest BCUT2D eigenvalue weighted by Crippen LogP contribution is 2.31. The minimum atomic E-state index is -0.396. The zero-order valence-electron chi connectivity index (χ0n) is 14.4. The van der Waals surface area contributed by atoms with Crippen molar-refractivity contribution in [1.82, 2.24) is 9.80 Å². The van der Waals surface area contributed by atoms with Crippen molar-refractivity contribution in [3.8, 4) is 0 Å². The normalized spacial score (nSPS) is 19.9. The molecule has 2 fully saturated rings. The molecule has 0 bridgehead atoms. The second-order valence-corrected chi connectivity index (χ2v) is 7.06. The quantitative estimate of drug-likeness (QED) is 0.604. The monoisotopic (exact) mass is 366 g/mol. The number of halogens is 1. The van der Waals surface area contributed by atoms with Gasteiger partial charge < -0.3 is 9.80 Å². The van der Waals surface area contributed by atoms with Gasteiger partial charge in [0.25, 0.3) is 5.69 Å². The maximum atomic E-state index is 12.5. The topological polar surface area (TPSA) is 69.9 Å². The molecular weight excluding hydrogens is 344 g/mol. The van der Waals surface area contributed by atoms with Crippen molar-refractivity contribution >= 4 is 28.9 Å². The van der Waals surface area contributed by atoms with Gasteiger partial charge in [-0.05, 0) is 31.9 Å². The van der Waals surface area contributed by atoms with E-state index in [0.29, 0.717) is 36.9 Å². The summed E-state index contributed by atoms with van der Waals surface area (Å²) in [5.74, 6) is 0.198. The minimum absolute atomic E-state index is 0.0298. The molecule has 1 aromatic carbocycles. The molecule has 0 aliphatic carbocycles. The van der Waals surface area contributed by atoms with Crippen LogP contribution in [-0.2, 0) is 4.79 Å². The number of piperazine rings is 1. The summed E-state index contributed by atoms with van der Waals surface area (Å²) in [7, 11) is 0. The predicted molar refractivity (Wildman–Crippen MR) is 97.2 cm³/mol. The van der Waals surface area contributed by atoms with Crippen molar-refractivity contribution in [2.45, 2.75) is 25.8 Å². The number of benzene rings is 1. The Kier molecular flexibility index (Phi) is 5.44. The van der Waals surface area contributed by atoms with Gasteiger partial charge in [-0.3, -0.25) is 19.8 Å². The van der Waals surface area contributed by atoms with Crippen LogP contribution in [0.5, 0.6) is 0 Å². The molecule has 7 nitrogen and oxygen atoms in total. The molecule has 8 heteroatoms. The summed E-state index contributed by atoms with van der Waals surface area (Å²) >= 11 is 5.89. The lowest BCUT2D eigenvalue weighted by Gasteiger charge is -2.39. The summed E-state index contributed by atoms with van der Waals surface area (Å²) in [6.45, 7) is 6.41. The maximum absolute atomic E-state index is 12.5. The number of nitro benzene ring substituents is 1. The Morgan fingerprint density at radius 1 is 1.16 bits per heavy atom. The van der Waals surface area contributed by atoms with Crippen molar-refractivity contribution in [2.75, 3.05) is 44.2 Å². The molecule has 2 heterocycles. The maximum Gasteiger partial charge on any atom is 0.294 e. The van der Waals surface area contributed by atoms with E-state index in [4.69, 9.17) is 11.6 Å². The summed E-state index contributed by atoms with van der Waals surface area (Å²) in [6, 6.07) is 4.63. The van der Waals surface area contributed by atoms with E-state index < -0.39 is 4.92 Å². The van der Waals surface area contributed by atoms with Crippen molar-refractivity contribution in [3.05, 3.63) is 33.3 Å². The molecule has 25 heavy (non-hydrogen) atoms. The zero-order chi connectivity index (χ0) is 18.0. The summed E-state index contributed by atoms with van der Waals surface area (Å²) in [6.07, 6.45) is 2.18. The fourth-order valence-electron chi connectivity index (χ4n) is 3.62. The summed E-state index contributed by atoms with van der Waals surface area (Å²) in [5.41, 5.74) is 0.620. The number of carbonyl (C=O) groups excluding carboxylic acids is 1. The van der Waals surface area contributed by atoms with Crippen LogP contribution in [-0.4, -0.2) is 65.9 Å². The second-order valence-electron chi connectivity index (χ2n) is 6.62. The van der Waals surface area contributed by atoms with E-state index in [-0.39, 0.29) is 17.6 Å². The van der Waals surface area contributed by atoms with Crippen molar-refractivity contribution < 1.29 is 9.72 Å². The van der Waals surface area contributed by atoms with Crippen LogP contribution in [0.2, 0.25) is 5.02 Å². The SMILES string of the molecule is CC(C(=O)N1CCCC1)N1CCN(c2ccc(Cl)cc2[N+](=O)[O-])CC1.